The van der Waals surface area contributed by atoms with E-state index in [0.29, 0.717) is 17.6 Å². The fraction of sp³-hybridized carbons (Fsp3) is 0. The summed E-state index contributed by atoms with van der Waals surface area (Å²) in [7, 11) is 0. The van der Waals surface area contributed by atoms with Gasteiger partial charge in [0.05, 0.1) is 11.0 Å². The van der Waals surface area contributed by atoms with Gasteiger partial charge in [0.15, 0.2) is 11.6 Å². The monoisotopic (exact) mass is 554 g/mol. The molecule has 4 nitrogen and oxygen atoms in total. The Kier molecular flexibility index (Phi) is 5.03. The quantitative estimate of drug-likeness (QED) is 0.218. The molecular weight excluding hydrogens is 533 g/mol. The third-order valence-electron chi connectivity index (χ3n) is 8.06. The molecule has 0 aliphatic heterocycles. The van der Waals surface area contributed by atoms with Crippen molar-refractivity contribution in [2.24, 2.45) is 0 Å². The van der Waals surface area contributed by atoms with Crippen molar-refractivity contribution in [1.82, 2.24) is 19.5 Å². The molecule has 196 valence electrons. The van der Waals surface area contributed by atoms with E-state index in [0.717, 1.165) is 22.2 Å². The van der Waals surface area contributed by atoms with Crippen molar-refractivity contribution < 1.29 is 0 Å². The van der Waals surface area contributed by atoms with Gasteiger partial charge < -0.3 is 0 Å². The van der Waals surface area contributed by atoms with Crippen LogP contribution >= 0.6 is 11.3 Å². The lowest BCUT2D eigenvalue weighted by molar-refractivity contribution is 0.955. The summed E-state index contributed by atoms with van der Waals surface area (Å²) in [4.78, 5) is 15.2. The average molecular weight is 555 g/mol. The molecule has 3 heterocycles. The molecule has 0 saturated heterocycles. The zero-order chi connectivity index (χ0) is 27.6. The summed E-state index contributed by atoms with van der Waals surface area (Å²) in [5, 5.41) is 7.37. The first-order valence-corrected chi connectivity index (χ1v) is 14.8. The van der Waals surface area contributed by atoms with Gasteiger partial charge in [0.25, 0.3) is 0 Å². The van der Waals surface area contributed by atoms with Crippen molar-refractivity contribution in [2.45, 2.75) is 0 Å². The number of aromatic nitrogens is 4. The summed E-state index contributed by atoms with van der Waals surface area (Å²) >= 11 is 1.85. The Labute approximate surface area is 245 Å². The summed E-state index contributed by atoms with van der Waals surface area (Å²) in [6.45, 7) is 0. The van der Waals surface area contributed by atoms with E-state index in [1.54, 1.807) is 0 Å². The molecule has 0 amide bonds. The van der Waals surface area contributed by atoms with E-state index in [1.807, 2.05) is 72.0 Å². The maximum absolute atomic E-state index is 5.12. The first-order valence-electron chi connectivity index (χ1n) is 14.0. The second-order valence-electron chi connectivity index (χ2n) is 10.5. The first-order chi connectivity index (χ1) is 20.8. The fourth-order valence-electron chi connectivity index (χ4n) is 6.19. The molecule has 0 radical (unpaired) electrons. The van der Waals surface area contributed by atoms with Gasteiger partial charge in [-0.3, -0.25) is 4.57 Å². The molecule has 0 aliphatic rings. The van der Waals surface area contributed by atoms with Gasteiger partial charge in [0.1, 0.15) is 0 Å². The number of fused-ring (bicyclic) bond motifs is 9. The molecular formula is C37H22N4S. The van der Waals surface area contributed by atoms with Gasteiger partial charge in [-0.1, -0.05) is 115 Å². The largest absolute Gasteiger partial charge is 0.277 e. The van der Waals surface area contributed by atoms with Crippen molar-refractivity contribution >= 4 is 64.1 Å². The first kappa shape index (κ1) is 23.3. The molecule has 9 aromatic rings. The van der Waals surface area contributed by atoms with Crippen molar-refractivity contribution in [2.75, 3.05) is 0 Å². The van der Waals surface area contributed by atoms with Crippen molar-refractivity contribution in [3.63, 3.8) is 0 Å². The van der Waals surface area contributed by atoms with Crippen LogP contribution < -0.4 is 0 Å². The van der Waals surface area contributed by atoms with Crippen LogP contribution in [-0.4, -0.2) is 19.5 Å². The summed E-state index contributed by atoms with van der Waals surface area (Å²) in [6, 6.07) is 46.6. The number of benzene rings is 6. The van der Waals surface area contributed by atoms with Gasteiger partial charge >= 0.3 is 0 Å². The van der Waals surface area contributed by atoms with E-state index < -0.39 is 0 Å². The molecule has 5 heteroatoms. The maximum atomic E-state index is 5.12. The number of hydrogen-bond donors (Lipinski definition) is 0. The fourth-order valence-corrected chi connectivity index (χ4v) is 7.32. The van der Waals surface area contributed by atoms with E-state index >= 15 is 0 Å². The normalized spacial score (nSPS) is 11.8. The van der Waals surface area contributed by atoms with E-state index in [-0.39, 0.29) is 0 Å². The zero-order valence-corrected chi connectivity index (χ0v) is 23.2. The van der Waals surface area contributed by atoms with Crippen molar-refractivity contribution in [3.8, 4) is 28.7 Å². The molecule has 3 aromatic heterocycles. The Morgan fingerprint density at radius 3 is 1.74 bits per heavy atom. The third-order valence-corrected chi connectivity index (χ3v) is 9.19. The lowest BCUT2D eigenvalue weighted by Gasteiger charge is -2.12. The standard InChI is InChI=1S/C37H22N4S/c1-3-11-23(12-4-1)35-38-36(24-13-5-2-6-14-24)40-37(39-35)41-30-17-9-7-15-25(30)27-20-19-26-28(34(27)41)21-22-32-33(26)29-16-8-10-18-31(29)42-32/h1-22H. The van der Waals surface area contributed by atoms with E-state index in [9.17, 15) is 0 Å². The summed E-state index contributed by atoms with van der Waals surface area (Å²) < 4.78 is 4.83. The molecule has 0 atom stereocenters. The van der Waals surface area contributed by atoms with Crippen LogP contribution in [0.5, 0.6) is 0 Å². The van der Waals surface area contributed by atoms with Crippen LogP contribution in [-0.2, 0) is 0 Å². The van der Waals surface area contributed by atoms with Gasteiger partial charge in [0, 0.05) is 47.5 Å². The summed E-state index contributed by atoms with van der Waals surface area (Å²) in [5.41, 5.74) is 4.08. The molecule has 0 unspecified atom stereocenters. The van der Waals surface area contributed by atoms with Crippen LogP contribution in [0.25, 0.3) is 81.5 Å². The SMILES string of the molecule is c1ccc(-c2nc(-c3ccccc3)nc(-n3c4ccccc4c4ccc5c(ccc6sc7ccccc7c65)c43)n2)cc1. The number of nitrogens with zero attached hydrogens (tertiary/aromatic N) is 4. The Morgan fingerprint density at radius 1 is 0.429 bits per heavy atom. The Morgan fingerprint density at radius 2 is 1.00 bits per heavy atom. The Balaban J connectivity index is 1.44. The Hall–Kier alpha value is -5.39. The molecule has 9 rings (SSSR count). The lowest BCUT2D eigenvalue weighted by atomic mass is 10.0. The highest BCUT2D eigenvalue weighted by atomic mass is 32.1. The minimum absolute atomic E-state index is 0.608. The predicted molar refractivity (Wildman–Crippen MR) is 175 cm³/mol. The van der Waals surface area contributed by atoms with Gasteiger partial charge in [-0.25, -0.2) is 4.98 Å². The Bertz CT molecular complexity index is 2400. The lowest BCUT2D eigenvalue weighted by Crippen LogP contribution is -2.06. The van der Waals surface area contributed by atoms with E-state index in [4.69, 9.17) is 15.0 Å². The van der Waals surface area contributed by atoms with Crippen LogP contribution in [0.2, 0.25) is 0 Å². The highest BCUT2D eigenvalue weighted by molar-refractivity contribution is 7.26. The van der Waals surface area contributed by atoms with Gasteiger partial charge in [0.2, 0.25) is 5.95 Å². The summed E-state index contributed by atoms with van der Waals surface area (Å²) in [6.07, 6.45) is 0. The molecule has 6 aromatic carbocycles. The summed E-state index contributed by atoms with van der Waals surface area (Å²) in [5.74, 6) is 1.91. The molecule has 0 fully saturated rings. The average Bonchev–Trinajstić information content (AvgIpc) is 3.61. The molecule has 0 spiro atoms. The van der Waals surface area contributed by atoms with Crippen molar-refractivity contribution in [3.05, 3.63) is 133 Å². The van der Waals surface area contributed by atoms with Gasteiger partial charge in [-0.2, -0.15) is 9.97 Å². The van der Waals surface area contributed by atoms with Crippen LogP contribution in [0.3, 0.4) is 0 Å². The number of rotatable bonds is 3. The minimum atomic E-state index is 0.608. The molecule has 42 heavy (non-hydrogen) atoms. The highest BCUT2D eigenvalue weighted by Gasteiger charge is 2.20. The maximum Gasteiger partial charge on any atom is 0.238 e. The minimum Gasteiger partial charge on any atom is -0.277 e. The number of para-hydroxylation sites is 1. The highest BCUT2D eigenvalue weighted by Crippen LogP contribution is 2.42. The second-order valence-corrected chi connectivity index (χ2v) is 11.5. The molecule has 0 aliphatic carbocycles. The van der Waals surface area contributed by atoms with Crippen LogP contribution in [0.15, 0.2) is 133 Å². The van der Waals surface area contributed by atoms with Crippen LogP contribution in [0.1, 0.15) is 0 Å². The van der Waals surface area contributed by atoms with Crippen molar-refractivity contribution in [1.29, 1.82) is 0 Å². The second kappa shape index (κ2) is 9.06. The predicted octanol–water partition coefficient (Wildman–Crippen LogP) is 9.82. The number of hydrogen-bond acceptors (Lipinski definition) is 4. The smallest absolute Gasteiger partial charge is 0.238 e. The van der Waals surface area contributed by atoms with Crippen LogP contribution in [0.4, 0.5) is 0 Å². The molecule has 0 saturated carbocycles. The van der Waals surface area contributed by atoms with E-state index in [1.165, 1.54) is 41.7 Å². The van der Waals surface area contributed by atoms with E-state index in [2.05, 4.69) is 77.4 Å². The van der Waals surface area contributed by atoms with Crippen LogP contribution in [0, 0.1) is 0 Å². The molecule has 0 N–H and O–H groups in total. The van der Waals surface area contributed by atoms with Gasteiger partial charge in [-0.15, -0.1) is 11.3 Å². The van der Waals surface area contributed by atoms with Gasteiger partial charge in [-0.05, 0) is 23.6 Å². The molecule has 0 bridgehead atoms. The number of thiophene rings is 1. The zero-order valence-electron chi connectivity index (χ0n) is 22.4. The third kappa shape index (κ3) is 3.44. The topological polar surface area (TPSA) is 43.6 Å².